The van der Waals surface area contributed by atoms with E-state index in [1.807, 2.05) is 36.4 Å². The van der Waals surface area contributed by atoms with Crippen LogP contribution in [0.3, 0.4) is 0 Å². The number of aryl methyl sites for hydroxylation is 1. The van der Waals surface area contributed by atoms with Crippen LogP contribution in [0.4, 0.5) is 0 Å². The van der Waals surface area contributed by atoms with Crippen LogP contribution in [0.1, 0.15) is 5.56 Å². The number of aromatic nitrogens is 2. The average molecular weight is 353 g/mol. The molecule has 3 nitrogen and oxygen atoms in total. The maximum atomic E-state index is 5.95. The average Bonchev–Trinajstić information content (AvgIpc) is 3.25. The summed E-state index contributed by atoms with van der Waals surface area (Å²) in [5, 5.41) is 10.8. The molecule has 0 bridgehead atoms. The fourth-order valence-electron chi connectivity index (χ4n) is 2.36. The van der Waals surface area contributed by atoms with Gasteiger partial charge in [-0.15, -0.1) is 10.2 Å². The molecule has 0 amide bonds. The second-order valence-corrected chi connectivity index (χ2v) is 6.86. The topological polar surface area (TPSA) is 38.9 Å². The lowest BCUT2D eigenvalue weighted by Gasteiger charge is -1.97. The lowest BCUT2D eigenvalue weighted by Crippen LogP contribution is -1.76. The summed E-state index contributed by atoms with van der Waals surface area (Å²) in [7, 11) is 0. The van der Waals surface area contributed by atoms with Crippen molar-refractivity contribution in [3.63, 3.8) is 0 Å². The Morgan fingerprint density at radius 2 is 1.38 bits per heavy atom. The van der Waals surface area contributed by atoms with Crippen molar-refractivity contribution in [2.45, 2.75) is 6.92 Å². The van der Waals surface area contributed by atoms with Crippen LogP contribution in [-0.4, -0.2) is 10.2 Å². The smallest absolute Gasteiger partial charge is 0.183 e. The van der Waals surface area contributed by atoms with E-state index in [0.717, 1.165) is 32.7 Å². The fraction of sp³-hybridized carbons (Fsp3) is 0.0526. The zero-order chi connectivity index (χ0) is 16.5. The highest BCUT2D eigenvalue weighted by atomic mass is 35.5. The van der Waals surface area contributed by atoms with E-state index in [2.05, 4.69) is 41.4 Å². The van der Waals surface area contributed by atoms with Gasteiger partial charge in [-0.05, 0) is 31.2 Å². The molecule has 0 N–H and O–H groups in total. The molecule has 0 aliphatic carbocycles. The van der Waals surface area contributed by atoms with Crippen LogP contribution < -0.4 is 0 Å². The molecule has 0 saturated carbocycles. The van der Waals surface area contributed by atoms with Crippen molar-refractivity contribution in [2.75, 3.05) is 0 Å². The molecule has 2 heterocycles. The third-order valence-corrected chi connectivity index (χ3v) is 4.91. The monoisotopic (exact) mass is 352 g/mol. The normalized spacial score (nSPS) is 10.9. The largest absolute Gasteiger partial charge is 0.454 e. The third kappa shape index (κ3) is 2.98. The summed E-state index contributed by atoms with van der Waals surface area (Å²) in [5.41, 5.74) is 3.27. The van der Waals surface area contributed by atoms with Crippen molar-refractivity contribution in [3.8, 4) is 32.7 Å². The van der Waals surface area contributed by atoms with E-state index in [0.29, 0.717) is 5.02 Å². The Kier molecular flexibility index (Phi) is 3.92. The first-order chi connectivity index (χ1) is 11.7. The summed E-state index contributed by atoms with van der Waals surface area (Å²) in [6, 6.07) is 19.7. The number of hydrogen-bond donors (Lipinski definition) is 0. The molecule has 0 radical (unpaired) electrons. The van der Waals surface area contributed by atoms with Crippen molar-refractivity contribution in [1.29, 1.82) is 0 Å². The summed E-state index contributed by atoms with van der Waals surface area (Å²) in [6.45, 7) is 2.07. The first-order valence-electron chi connectivity index (χ1n) is 7.46. The van der Waals surface area contributed by atoms with E-state index in [1.54, 1.807) is 0 Å². The summed E-state index contributed by atoms with van der Waals surface area (Å²) in [5.74, 6) is 1.55. The summed E-state index contributed by atoms with van der Waals surface area (Å²) >= 11 is 7.42. The molecule has 0 aliphatic heterocycles. The standard InChI is InChI=1S/C19H13ClN2OS/c1-12-2-4-13(5-3-12)16-10-11-17(23-16)19-22-21-18(24-19)14-6-8-15(20)9-7-14/h2-11H,1H3. The Balaban J connectivity index is 1.63. The van der Waals surface area contributed by atoms with Gasteiger partial charge in [0.1, 0.15) is 10.8 Å². The predicted molar refractivity (Wildman–Crippen MR) is 98.2 cm³/mol. The predicted octanol–water partition coefficient (Wildman–Crippen LogP) is 6.09. The van der Waals surface area contributed by atoms with Crippen molar-refractivity contribution in [3.05, 3.63) is 71.2 Å². The Morgan fingerprint density at radius 1 is 0.750 bits per heavy atom. The number of nitrogens with zero attached hydrogens (tertiary/aromatic N) is 2. The van der Waals surface area contributed by atoms with Crippen LogP contribution in [0.15, 0.2) is 65.1 Å². The van der Waals surface area contributed by atoms with Gasteiger partial charge in [0.2, 0.25) is 0 Å². The minimum Gasteiger partial charge on any atom is -0.454 e. The van der Waals surface area contributed by atoms with Crippen molar-refractivity contribution >= 4 is 22.9 Å². The second-order valence-electron chi connectivity index (χ2n) is 5.45. The fourth-order valence-corrected chi connectivity index (χ4v) is 3.29. The van der Waals surface area contributed by atoms with E-state index < -0.39 is 0 Å². The third-order valence-electron chi connectivity index (χ3n) is 3.67. The van der Waals surface area contributed by atoms with Crippen molar-refractivity contribution < 1.29 is 4.42 Å². The number of halogens is 1. The molecule has 4 rings (SSSR count). The summed E-state index contributed by atoms with van der Waals surface area (Å²) < 4.78 is 5.95. The molecule has 0 saturated heterocycles. The Bertz CT molecular complexity index is 890. The van der Waals surface area contributed by atoms with Crippen LogP contribution in [0.25, 0.3) is 32.7 Å². The molecule has 0 spiro atoms. The molecular weight excluding hydrogens is 340 g/mol. The quantitative estimate of drug-likeness (QED) is 0.447. The van der Waals surface area contributed by atoms with Gasteiger partial charge in [0.25, 0.3) is 0 Å². The van der Waals surface area contributed by atoms with Gasteiger partial charge in [0.05, 0.1) is 0 Å². The lowest BCUT2D eigenvalue weighted by atomic mass is 10.1. The van der Waals surface area contributed by atoms with Crippen LogP contribution in [0.2, 0.25) is 5.02 Å². The number of furan rings is 1. The molecular formula is C19H13ClN2OS. The van der Waals surface area contributed by atoms with Gasteiger partial charge in [-0.1, -0.05) is 64.9 Å². The van der Waals surface area contributed by atoms with Crippen molar-refractivity contribution in [1.82, 2.24) is 10.2 Å². The zero-order valence-corrected chi connectivity index (χ0v) is 14.4. The number of benzene rings is 2. The van der Waals surface area contributed by atoms with Crippen LogP contribution in [-0.2, 0) is 0 Å². The Hall–Kier alpha value is -2.43. The van der Waals surface area contributed by atoms with Crippen LogP contribution in [0.5, 0.6) is 0 Å². The maximum absolute atomic E-state index is 5.95. The SMILES string of the molecule is Cc1ccc(-c2ccc(-c3nnc(-c4ccc(Cl)cc4)s3)o2)cc1. The summed E-state index contributed by atoms with van der Waals surface area (Å²) in [6.07, 6.45) is 0. The van der Waals surface area contributed by atoms with Crippen LogP contribution in [0, 0.1) is 6.92 Å². The molecule has 0 aliphatic rings. The Morgan fingerprint density at radius 3 is 2.12 bits per heavy atom. The molecule has 2 aromatic carbocycles. The molecule has 0 atom stereocenters. The first kappa shape index (κ1) is 15.1. The van der Waals surface area contributed by atoms with Gasteiger partial charge in [-0.3, -0.25) is 0 Å². The molecule has 2 aromatic heterocycles. The van der Waals surface area contributed by atoms with E-state index in [4.69, 9.17) is 16.0 Å². The molecule has 24 heavy (non-hydrogen) atoms. The molecule has 0 unspecified atom stereocenters. The highest BCUT2D eigenvalue weighted by molar-refractivity contribution is 7.17. The second kappa shape index (κ2) is 6.23. The summed E-state index contributed by atoms with van der Waals surface area (Å²) in [4.78, 5) is 0. The van der Waals surface area contributed by atoms with E-state index >= 15 is 0 Å². The van der Waals surface area contributed by atoms with Gasteiger partial charge in [0, 0.05) is 16.1 Å². The van der Waals surface area contributed by atoms with E-state index in [9.17, 15) is 0 Å². The van der Waals surface area contributed by atoms with E-state index in [1.165, 1.54) is 16.9 Å². The number of hydrogen-bond acceptors (Lipinski definition) is 4. The minimum absolute atomic E-state index is 0.706. The molecule has 0 fully saturated rings. The first-order valence-corrected chi connectivity index (χ1v) is 8.65. The van der Waals surface area contributed by atoms with Gasteiger partial charge < -0.3 is 4.42 Å². The van der Waals surface area contributed by atoms with Crippen molar-refractivity contribution in [2.24, 2.45) is 0 Å². The highest BCUT2D eigenvalue weighted by Gasteiger charge is 2.13. The van der Waals surface area contributed by atoms with Crippen LogP contribution >= 0.6 is 22.9 Å². The molecule has 5 heteroatoms. The van der Waals surface area contributed by atoms with Gasteiger partial charge in [-0.2, -0.15) is 0 Å². The lowest BCUT2D eigenvalue weighted by molar-refractivity contribution is 0.596. The maximum Gasteiger partial charge on any atom is 0.183 e. The van der Waals surface area contributed by atoms with E-state index in [-0.39, 0.29) is 0 Å². The number of rotatable bonds is 3. The molecule has 118 valence electrons. The highest BCUT2D eigenvalue weighted by Crippen LogP contribution is 2.33. The van der Waals surface area contributed by atoms with Gasteiger partial charge >= 0.3 is 0 Å². The van der Waals surface area contributed by atoms with Gasteiger partial charge in [0.15, 0.2) is 10.8 Å². The zero-order valence-electron chi connectivity index (χ0n) is 12.9. The minimum atomic E-state index is 0.706. The van der Waals surface area contributed by atoms with Gasteiger partial charge in [-0.25, -0.2) is 0 Å². The molecule has 4 aromatic rings. The Labute approximate surface area is 148 Å².